The monoisotopic (exact) mass is 306 g/mol. The van der Waals surface area contributed by atoms with E-state index in [0.29, 0.717) is 22.4 Å². The molecule has 0 aromatic carbocycles. The number of nitriles is 1. The molecule has 0 amide bonds. The summed E-state index contributed by atoms with van der Waals surface area (Å²) in [5.74, 6) is 0.180. The van der Waals surface area contributed by atoms with Crippen molar-refractivity contribution in [3.05, 3.63) is 42.5 Å². The predicted molar refractivity (Wildman–Crippen MR) is 85.3 cm³/mol. The summed E-state index contributed by atoms with van der Waals surface area (Å²) >= 11 is 0. The van der Waals surface area contributed by atoms with E-state index in [1.54, 1.807) is 12.4 Å². The molecule has 2 N–H and O–H groups in total. The van der Waals surface area contributed by atoms with Crippen LogP contribution in [0.1, 0.15) is 5.56 Å². The van der Waals surface area contributed by atoms with Gasteiger partial charge in [-0.3, -0.25) is 0 Å². The minimum absolute atomic E-state index is 0.180. The molecule has 0 aliphatic carbocycles. The lowest BCUT2D eigenvalue weighted by molar-refractivity contribution is 0.380. The Hall–Kier alpha value is -3.40. The van der Waals surface area contributed by atoms with Crippen LogP contribution in [0.3, 0.4) is 0 Å². The molecular formula is C16H14N6O. The minimum Gasteiger partial charge on any atom is -0.467 e. The lowest BCUT2D eigenvalue weighted by Crippen LogP contribution is -2.00. The molecule has 114 valence electrons. The first-order valence-corrected chi connectivity index (χ1v) is 6.81. The van der Waals surface area contributed by atoms with Gasteiger partial charge < -0.3 is 15.0 Å². The normalized spacial score (nSPS) is 10.3. The maximum absolute atomic E-state index is 9.39. The number of aromatic nitrogens is 4. The second-order valence-electron chi connectivity index (χ2n) is 4.95. The topological polar surface area (TPSA) is 103 Å². The highest BCUT2D eigenvalue weighted by Crippen LogP contribution is 2.30. The lowest BCUT2D eigenvalue weighted by Gasteiger charge is -2.09. The zero-order valence-corrected chi connectivity index (χ0v) is 12.7. The Morgan fingerprint density at radius 1 is 1.26 bits per heavy atom. The summed E-state index contributed by atoms with van der Waals surface area (Å²) in [5.41, 5.74) is 9.19. The van der Waals surface area contributed by atoms with Crippen LogP contribution in [-0.2, 0) is 7.05 Å². The summed E-state index contributed by atoms with van der Waals surface area (Å²) in [6.07, 6.45) is 7.04. The summed E-state index contributed by atoms with van der Waals surface area (Å²) < 4.78 is 6.87. The first-order valence-electron chi connectivity index (χ1n) is 6.81. The third kappa shape index (κ3) is 2.70. The number of ether oxygens (including phenoxy) is 1. The zero-order chi connectivity index (χ0) is 16.4. The number of hydrogen-bond donors (Lipinski definition) is 1. The second kappa shape index (κ2) is 5.77. The van der Waals surface area contributed by atoms with E-state index in [4.69, 9.17) is 10.5 Å². The van der Waals surface area contributed by atoms with Crippen LogP contribution >= 0.6 is 0 Å². The Morgan fingerprint density at radius 3 is 2.57 bits per heavy atom. The van der Waals surface area contributed by atoms with Gasteiger partial charge in [-0.1, -0.05) is 0 Å². The molecule has 3 aromatic rings. The summed E-state index contributed by atoms with van der Waals surface area (Å²) in [5, 5.41) is 9.39. The maximum atomic E-state index is 9.39. The average Bonchev–Trinajstić information content (AvgIpc) is 3.00. The fourth-order valence-electron chi connectivity index (χ4n) is 2.27. The molecule has 0 spiro atoms. The summed E-state index contributed by atoms with van der Waals surface area (Å²) in [4.78, 5) is 12.5. The van der Waals surface area contributed by atoms with E-state index in [9.17, 15) is 5.26 Å². The third-order valence-corrected chi connectivity index (χ3v) is 3.41. The third-order valence-electron chi connectivity index (χ3n) is 3.41. The van der Waals surface area contributed by atoms with Crippen molar-refractivity contribution in [1.29, 1.82) is 5.26 Å². The van der Waals surface area contributed by atoms with Crippen LogP contribution in [0.25, 0.3) is 22.4 Å². The van der Waals surface area contributed by atoms with Gasteiger partial charge in [-0.2, -0.15) is 5.26 Å². The predicted octanol–water partition coefficient (Wildman–Crippen LogP) is 2.01. The van der Waals surface area contributed by atoms with Crippen molar-refractivity contribution < 1.29 is 4.74 Å². The molecule has 3 aromatic heterocycles. The van der Waals surface area contributed by atoms with E-state index in [1.165, 1.54) is 7.11 Å². The highest BCUT2D eigenvalue weighted by molar-refractivity contribution is 5.79. The van der Waals surface area contributed by atoms with Crippen LogP contribution in [0.2, 0.25) is 0 Å². The quantitative estimate of drug-likeness (QED) is 0.794. The number of methoxy groups -OCH3 is 1. The van der Waals surface area contributed by atoms with Crippen LogP contribution in [0.4, 0.5) is 5.82 Å². The molecule has 7 heteroatoms. The fourth-order valence-corrected chi connectivity index (χ4v) is 2.27. The largest absolute Gasteiger partial charge is 0.467 e. The van der Waals surface area contributed by atoms with E-state index in [0.717, 1.165) is 5.56 Å². The van der Waals surface area contributed by atoms with Crippen molar-refractivity contribution in [2.45, 2.75) is 0 Å². The van der Waals surface area contributed by atoms with Crippen LogP contribution in [-0.4, -0.2) is 26.6 Å². The van der Waals surface area contributed by atoms with Gasteiger partial charge >= 0.3 is 6.01 Å². The molecule has 3 rings (SSSR count). The van der Waals surface area contributed by atoms with Crippen molar-refractivity contribution >= 4 is 5.82 Å². The molecule has 0 atom stereocenters. The van der Waals surface area contributed by atoms with E-state index < -0.39 is 0 Å². The minimum atomic E-state index is 0.180. The molecule has 23 heavy (non-hydrogen) atoms. The van der Waals surface area contributed by atoms with Crippen molar-refractivity contribution in [3.8, 4) is 34.5 Å². The molecule has 0 radical (unpaired) electrons. The molecule has 0 bridgehead atoms. The summed E-state index contributed by atoms with van der Waals surface area (Å²) in [6.45, 7) is 0. The Bertz CT molecular complexity index is 892. The Morgan fingerprint density at radius 2 is 2.00 bits per heavy atom. The Labute approximate surface area is 133 Å². The van der Waals surface area contributed by atoms with Gasteiger partial charge in [0.25, 0.3) is 0 Å². The van der Waals surface area contributed by atoms with Gasteiger partial charge in [-0.25, -0.2) is 15.0 Å². The van der Waals surface area contributed by atoms with Gasteiger partial charge in [-0.05, 0) is 12.1 Å². The second-order valence-corrected chi connectivity index (χ2v) is 4.95. The molecule has 0 saturated carbocycles. The molecule has 0 saturated heterocycles. The van der Waals surface area contributed by atoms with Crippen LogP contribution in [0, 0.1) is 11.3 Å². The van der Waals surface area contributed by atoms with Crippen LogP contribution in [0.15, 0.2) is 36.9 Å². The van der Waals surface area contributed by atoms with E-state index >= 15 is 0 Å². The molecule has 0 aliphatic rings. The van der Waals surface area contributed by atoms with Gasteiger partial charge in [-0.15, -0.1) is 0 Å². The number of aryl methyl sites for hydroxylation is 1. The zero-order valence-electron chi connectivity index (χ0n) is 12.7. The number of rotatable bonds is 3. The number of nitrogen functional groups attached to an aromatic ring is 1. The average molecular weight is 306 g/mol. The maximum Gasteiger partial charge on any atom is 0.316 e. The van der Waals surface area contributed by atoms with Gasteiger partial charge in [0.05, 0.1) is 12.8 Å². The number of anilines is 1. The first-order chi connectivity index (χ1) is 11.1. The fraction of sp³-hybridized carbons (Fsp3) is 0.125. The number of hydrogen-bond acceptors (Lipinski definition) is 6. The molecular weight excluding hydrogens is 292 g/mol. The van der Waals surface area contributed by atoms with Crippen molar-refractivity contribution in [1.82, 2.24) is 19.5 Å². The first kappa shape index (κ1) is 14.5. The van der Waals surface area contributed by atoms with Crippen LogP contribution in [0.5, 0.6) is 6.01 Å². The molecule has 0 unspecified atom stereocenters. The van der Waals surface area contributed by atoms with Gasteiger partial charge in [0, 0.05) is 48.5 Å². The van der Waals surface area contributed by atoms with E-state index in [1.807, 2.05) is 36.1 Å². The molecule has 3 heterocycles. The van der Waals surface area contributed by atoms with E-state index in [-0.39, 0.29) is 11.8 Å². The van der Waals surface area contributed by atoms with E-state index in [2.05, 4.69) is 21.0 Å². The standard InChI is InChI=1S/C16H14N6O/c1-22-4-3-10(9-22)14-5-12(13(6-17)15(18)21-14)11-7-19-16(23-2)20-8-11/h3-5,7-9H,1-2H3,(H2,18,21). The van der Waals surface area contributed by atoms with Crippen molar-refractivity contribution in [3.63, 3.8) is 0 Å². The molecule has 7 nitrogen and oxygen atoms in total. The lowest BCUT2D eigenvalue weighted by atomic mass is 10.0. The molecule has 0 aliphatic heterocycles. The number of nitrogens with two attached hydrogens (primary N) is 1. The molecule has 0 fully saturated rings. The number of nitrogens with zero attached hydrogens (tertiary/aromatic N) is 5. The smallest absolute Gasteiger partial charge is 0.316 e. The van der Waals surface area contributed by atoms with Gasteiger partial charge in [0.2, 0.25) is 0 Å². The summed E-state index contributed by atoms with van der Waals surface area (Å²) in [6, 6.07) is 6.10. The SMILES string of the molecule is COc1ncc(-c2cc(-c3ccn(C)c3)nc(N)c2C#N)cn1. The summed E-state index contributed by atoms with van der Waals surface area (Å²) in [7, 11) is 3.42. The highest BCUT2D eigenvalue weighted by Gasteiger charge is 2.14. The number of pyridine rings is 1. The van der Waals surface area contributed by atoms with Crippen LogP contribution < -0.4 is 10.5 Å². The van der Waals surface area contributed by atoms with Crippen molar-refractivity contribution in [2.24, 2.45) is 7.05 Å². The Kier molecular flexibility index (Phi) is 3.65. The Balaban J connectivity index is 2.17. The van der Waals surface area contributed by atoms with Crippen molar-refractivity contribution in [2.75, 3.05) is 12.8 Å². The highest BCUT2D eigenvalue weighted by atomic mass is 16.5. The van der Waals surface area contributed by atoms with Gasteiger partial charge in [0.1, 0.15) is 17.5 Å². The van der Waals surface area contributed by atoms with Gasteiger partial charge in [0.15, 0.2) is 0 Å².